The minimum atomic E-state index is -0.501. The minimum absolute atomic E-state index is 0.0617. The second kappa shape index (κ2) is 13.5. The summed E-state index contributed by atoms with van der Waals surface area (Å²) in [5.74, 6) is -1.46. The first kappa shape index (κ1) is 26.3. The highest BCUT2D eigenvalue weighted by Gasteiger charge is 2.09. The summed E-state index contributed by atoms with van der Waals surface area (Å²) in [7, 11) is 0. The molecule has 0 spiro atoms. The molecule has 0 aliphatic heterocycles. The van der Waals surface area contributed by atoms with Crippen molar-refractivity contribution in [3.8, 4) is 0 Å². The van der Waals surface area contributed by atoms with Gasteiger partial charge in [0.15, 0.2) is 0 Å². The zero-order chi connectivity index (χ0) is 24.1. The van der Waals surface area contributed by atoms with Gasteiger partial charge in [-0.1, -0.05) is 37.1 Å². The first-order chi connectivity index (χ1) is 15.1. The Hall–Kier alpha value is -3.75. The van der Waals surface area contributed by atoms with Crippen molar-refractivity contribution in [3.63, 3.8) is 0 Å². The van der Waals surface area contributed by atoms with Crippen LogP contribution in [0.3, 0.4) is 0 Å². The van der Waals surface area contributed by atoms with Crippen molar-refractivity contribution < 1.29 is 28.6 Å². The van der Waals surface area contributed by atoms with E-state index in [-0.39, 0.29) is 32.9 Å². The standard InChI is InChI=1S/C23H29N3O6/c1-16(2)21(27)30-13-11-26(12-14-31-22(28)17(3)4)25-24-20-9-7-19(8-10-20)15-32-23(29)18(5)6/h7-10H,1,3,5,11-15H2,2,4,6H3/b25-24+. The van der Waals surface area contributed by atoms with Crippen LogP contribution < -0.4 is 0 Å². The van der Waals surface area contributed by atoms with Gasteiger partial charge in [0.1, 0.15) is 19.8 Å². The van der Waals surface area contributed by atoms with E-state index in [2.05, 4.69) is 30.1 Å². The molecule has 0 unspecified atom stereocenters. The summed E-state index contributed by atoms with van der Waals surface area (Å²) in [6.07, 6.45) is 0. The van der Waals surface area contributed by atoms with Crippen LogP contribution in [0.1, 0.15) is 26.3 Å². The quantitative estimate of drug-likeness (QED) is 0.150. The number of ether oxygens (including phenoxy) is 3. The molecule has 0 radical (unpaired) electrons. The van der Waals surface area contributed by atoms with E-state index in [0.717, 1.165) is 5.56 Å². The summed E-state index contributed by atoms with van der Waals surface area (Å²) in [4.78, 5) is 34.5. The third-order valence-electron chi connectivity index (χ3n) is 3.80. The van der Waals surface area contributed by atoms with Crippen LogP contribution >= 0.6 is 0 Å². The van der Waals surface area contributed by atoms with Crippen LogP contribution in [0.4, 0.5) is 5.69 Å². The fourth-order valence-electron chi connectivity index (χ4n) is 1.98. The zero-order valence-electron chi connectivity index (χ0n) is 18.8. The summed E-state index contributed by atoms with van der Waals surface area (Å²) in [6, 6.07) is 6.95. The van der Waals surface area contributed by atoms with E-state index in [1.54, 1.807) is 45.0 Å². The second-order valence-corrected chi connectivity index (χ2v) is 7.00. The molecule has 0 aromatic heterocycles. The molecular weight excluding hydrogens is 414 g/mol. The number of hydrogen-bond donors (Lipinski definition) is 0. The van der Waals surface area contributed by atoms with Crippen LogP contribution in [0.2, 0.25) is 0 Å². The lowest BCUT2D eigenvalue weighted by molar-refractivity contribution is -0.141. The van der Waals surface area contributed by atoms with Crippen LogP contribution in [0, 0.1) is 0 Å². The van der Waals surface area contributed by atoms with E-state index in [4.69, 9.17) is 14.2 Å². The third kappa shape index (κ3) is 10.3. The van der Waals surface area contributed by atoms with E-state index in [1.807, 2.05) is 0 Å². The number of nitrogens with zero attached hydrogens (tertiary/aromatic N) is 3. The number of benzene rings is 1. The van der Waals surface area contributed by atoms with Gasteiger partial charge in [-0.15, -0.1) is 5.11 Å². The highest BCUT2D eigenvalue weighted by molar-refractivity contribution is 5.87. The molecule has 0 aliphatic carbocycles. The summed E-state index contributed by atoms with van der Waals surface area (Å²) in [5, 5.41) is 9.80. The molecule has 1 rings (SSSR count). The molecule has 0 heterocycles. The lowest BCUT2D eigenvalue weighted by Crippen LogP contribution is -2.27. The maximum Gasteiger partial charge on any atom is 0.333 e. The Bertz CT molecular complexity index is 857. The second-order valence-electron chi connectivity index (χ2n) is 7.00. The molecular formula is C23H29N3O6. The summed E-state index contributed by atoms with van der Waals surface area (Å²) in [6.45, 7) is 16.0. The fraction of sp³-hybridized carbons (Fsp3) is 0.348. The Labute approximate surface area is 188 Å². The lowest BCUT2D eigenvalue weighted by Gasteiger charge is -2.17. The van der Waals surface area contributed by atoms with E-state index >= 15 is 0 Å². The normalized spacial score (nSPS) is 10.3. The van der Waals surface area contributed by atoms with E-state index in [1.165, 1.54) is 5.01 Å². The van der Waals surface area contributed by atoms with Gasteiger partial charge in [-0.25, -0.2) is 14.4 Å². The van der Waals surface area contributed by atoms with Crippen LogP contribution in [0.15, 0.2) is 71.1 Å². The molecule has 32 heavy (non-hydrogen) atoms. The van der Waals surface area contributed by atoms with Crippen molar-refractivity contribution in [2.75, 3.05) is 26.3 Å². The van der Waals surface area contributed by atoms with Gasteiger partial charge in [-0.3, -0.25) is 5.01 Å². The van der Waals surface area contributed by atoms with Gasteiger partial charge in [0.05, 0.1) is 18.8 Å². The highest BCUT2D eigenvalue weighted by atomic mass is 16.5. The van der Waals surface area contributed by atoms with Gasteiger partial charge in [0.25, 0.3) is 0 Å². The molecule has 1 aromatic carbocycles. The van der Waals surface area contributed by atoms with Crippen LogP contribution in [-0.4, -0.2) is 49.2 Å². The van der Waals surface area contributed by atoms with Crippen LogP contribution in [-0.2, 0) is 35.2 Å². The van der Waals surface area contributed by atoms with Crippen molar-refractivity contribution in [2.24, 2.45) is 10.3 Å². The van der Waals surface area contributed by atoms with Gasteiger partial charge in [0, 0.05) is 16.7 Å². The first-order valence-corrected chi connectivity index (χ1v) is 9.83. The molecule has 0 bridgehead atoms. The van der Waals surface area contributed by atoms with Crippen molar-refractivity contribution in [1.29, 1.82) is 0 Å². The van der Waals surface area contributed by atoms with Crippen molar-refractivity contribution in [1.82, 2.24) is 5.01 Å². The summed E-state index contributed by atoms with van der Waals surface area (Å²) >= 11 is 0. The minimum Gasteiger partial charge on any atom is -0.460 e. The van der Waals surface area contributed by atoms with Gasteiger partial charge in [0.2, 0.25) is 0 Å². The smallest absolute Gasteiger partial charge is 0.333 e. The average Bonchev–Trinajstić information content (AvgIpc) is 2.75. The van der Waals surface area contributed by atoms with Gasteiger partial charge >= 0.3 is 17.9 Å². The molecule has 0 saturated heterocycles. The Kier molecular flexibility index (Phi) is 11.1. The predicted molar refractivity (Wildman–Crippen MR) is 119 cm³/mol. The molecule has 0 fully saturated rings. The number of carbonyl (C=O) groups is 3. The Morgan fingerprint density at radius 2 is 1.22 bits per heavy atom. The van der Waals surface area contributed by atoms with Crippen LogP contribution in [0.25, 0.3) is 0 Å². The predicted octanol–water partition coefficient (Wildman–Crippen LogP) is 3.85. The van der Waals surface area contributed by atoms with Crippen molar-refractivity contribution in [3.05, 3.63) is 66.3 Å². The Morgan fingerprint density at radius 1 is 0.781 bits per heavy atom. The topological polar surface area (TPSA) is 107 Å². The van der Waals surface area contributed by atoms with E-state index in [9.17, 15) is 14.4 Å². The third-order valence-corrected chi connectivity index (χ3v) is 3.80. The number of esters is 3. The molecule has 0 atom stereocenters. The van der Waals surface area contributed by atoms with Crippen molar-refractivity contribution >= 4 is 23.6 Å². The Balaban J connectivity index is 2.69. The van der Waals surface area contributed by atoms with Crippen LogP contribution in [0.5, 0.6) is 0 Å². The molecule has 172 valence electrons. The van der Waals surface area contributed by atoms with Gasteiger partial charge in [-0.05, 0) is 38.5 Å². The zero-order valence-corrected chi connectivity index (χ0v) is 18.8. The molecule has 0 amide bonds. The maximum absolute atomic E-state index is 11.5. The monoisotopic (exact) mass is 443 g/mol. The first-order valence-electron chi connectivity index (χ1n) is 9.83. The molecule has 9 nitrogen and oxygen atoms in total. The highest BCUT2D eigenvalue weighted by Crippen LogP contribution is 2.15. The van der Waals surface area contributed by atoms with Crippen molar-refractivity contribution in [2.45, 2.75) is 27.4 Å². The van der Waals surface area contributed by atoms with E-state index in [0.29, 0.717) is 22.4 Å². The molecule has 0 N–H and O–H groups in total. The average molecular weight is 444 g/mol. The van der Waals surface area contributed by atoms with Gasteiger partial charge < -0.3 is 14.2 Å². The fourth-order valence-corrected chi connectivity index (χ4v) is 1.98. The van der Waals surface area contributed by atoms with Gasteiger partial charge in [-0.2, -0.15) is 0 Å². The SMILES string of the molecule is C=C(C)C(=O)OCCN(CCOC(=O)C(=C)C)/N=N/c1ccc(COC(=O)C(=C)C)cc1. The maximum atomic E-state index is 11.5. The molecule has 0 aliphatic rings. The van der Waals surface area contributed by atoms with E-state index < -0.39 is 17.9 Å². The number of rotatable bonds is 13. The number of hydrogen-bond acceptors (Lipinski definition) is 8. The largest absolute Gasteiger partial charge is 0.460 e. The molecule has 0 saturated carbocycles. The molecule has 9 heteroatoms. The number of carbonyl (C=O) groups excluding carboxylic acids is 3. The summed E-state index contributed by atoms with van der Waals surface area (Å²) in [5.41, 5.74) is 2.26. The molecule has 1 aromatic rings. The lowest BCUT2D eigenvalue weighted by atomic mass is 10.2. The summed E-state index contributed by atoms with van der Waals surface area (Å²) < 4.78 is 15.3. The Morgan fingerprint density at radius 3 is 1.66 bits per heavy atom.